The number of carbonyl (C=O) groups excluding carboxylic acids is 1. The van der Waals surface area contributed by atoms with Gasteiger partial charge in [-0.05, 0) is 23.8 Å². The number of ether oxygens (including phenoxy) is 4. The third kappa shape index (κ3) is 4.00. The minimum atomic E-state index is -0.517. The molecule has 2 aromatic carbocycles. The van der Waals surface area contributed by atoms with Crippen molar-refractivity contribution < 1.29 is 23.7 Å². The largest absolute Gasteiger partial charge is 0.493 e. The number of benzene rings is 2. The van der Waals surface area contributed by atoms with Crippen molar-refractivity contribution in [1.82, 2.24) is 0 Å². The first-order chi connectivity index (χ1) is 13.2. The Kier molecular flexibility index (Phi) is 5.56. The second-order valence-electron chi connectivity index (χ2n) is 5.54. The highest BCUT2D eigenvalue weighted by molar-refractivity contribution is 6.11. The van der Waals surface area contributed by atoms with Crippen LogP contribution in [0.15, 0.2) is 65.3 Å². The van der Waals surface area contributed by atoms with Crippen LogP contribution in [0.2, 0.25) is 0 Å². The number of hydrogen-bond acceptors (Lipinski definition) is 6. The molecule has 0 saturated heterocycles. The first kappa shape index (κ1) is 18.3. The molecule has 1 heterocycles. The third-order valence-corrected chi connectivity index (χ3v) is 3.87. The van der Waals surface area contributed by atoms with E-state index in [4.69, 9.17) is 18.9 Å². The summed E-state index contributed by atoms with van der Waals surface area (Å²) in [5, 5.41) is 0. The summed E-state index contributed by atoms with van der Waals surface area (Å²) in [6.07, 6.45) is 5.25. The molecule has 0 bridgehead atoms. The Bertz CT molecular complexity index is 904. The number of rotatable bonds is 6. The Labute approximate surface area is 157 Å². The molecule has 6 nitrogen and oxygen atoms in total. The Morgan fingerprint density at radius 1 is 0.963 bits per heavy atom. The maximum Gasteiger partial charge on any atom is 0.363 e. The molecule has 138 valence electrons. The molecule has 3 rings (SSSR count). The van der Waals surface area contributed by atoms with Crippen LogP contribution in [-0.4, -0.2) is 33.2 Å². The predicted molar refractivity (Wildman–Crippen MR) is 102 cm³/mol. The smallest absolute Gasteiger partial charge is 0.363 e. The number of carbonyl (C=O) groups is 1. The summed E-state index contributed by atoms with van der Waals surface area (Å²) in [6, 6.07) is 13.1. The summed E-state index contributed by atoms with van der Waals surface area (Å²) in [4.78, 5) is 16.4. The van der Waals surface area contributed by atoms with Crippen LogP contribution < -0.4 is 14.2 Å². The van der Waals surface area contributed by atoms with Crippen LogP contribution in [0.4, 0.5) is 0 Å². The van der Waals surface area contributed by atoms with E-state index in [1.807, 2.05) is 36.4 Å². The monoisotopic (exact) mass is 365 g/mol. The van der Waals surface area contributed by atoms with E-state index < -0.39 is 5.97 Å². The van der Waals surface area contributed by atoms with Gasteiger partial charge in [0.25, 0.3) is 0 Å². The minimum Gasteiger partial charge on any atom is -0.493 e. The van der Waals surface area contributed by atoms with Crippen molar-refractivity contribution in [3.8, 4) is 17.2 Å². The molecule has 1 aliphatic rings. The molecule has 0 fully saturated rings. The van der Waals surface area contributed by atoms with Crippen LogP contribution in [0, 0.1) is 0 Å². The van der Waals surface area contributed by atoms with Crippen molar-refractivity contribution in [2.24, 2.45) is 4.99 Å². The molecule has 1 aliphatic heterocycles. The van der Waals surface area contributed by atoms with Gasteiger partial charge in [0.15, 0.2) is 17.2 Å². The highest BCUT2D eigenvalue weighted by Gasteiger charge is 2.26. The maximum absolute atomic E-state index is 12.1. The second-order valence-corrected chi connectivity index (χ2v) is 5.54. The number of esters is 1. The molecule has 0 aromatic heterocycles. The Balaban J connectivity index is 1.90. The van der Waals surface area contributed by atoms with E-state index in [1.54, 1.807) is 24.3 Å². The van der Waals surface area contributed by atoms with E-state index in [9.17, 15) is 4.79 Å². The van der Waals surface area contributed by atoms with Gasteiger partial charge < -0.3 is 18.9 Å². The van der Waals surface area contributed by atoms with Crippen molar-refractivity contribution in [3.05, 3.63) is 71.4 Å². The molecule has 2 aromatic rings. The Morgan fingerprint density at radius 2 is 1.63 bits per heavy atom. The minimum absolute atomic E-state index is 0.179. The van der Waals surface area contributed by atoms with Crippen LogP contribution in [-0.2, 0) is 9.53 Å². The van der Waals surface area contributed by atoms with Crippen LogP contribution in [0.1, 0.15) is 11.1 Å². The van der Waals surface area contributed by atoms with Gasteiger partial charge in [0, 0.05) is 5.56 Å². The Hall–Kier alpha value is -3.54. The summed E-state index contributed by atoms with van der Waals surface area (Å²) >= 11 is 0. The van der Waals surface area contributed by atoms with Crippen molar-refractivity contribution in [1.29, 1.82) is 0 Å². The van der Waals surface area contributed by atoms with Gasteiger partial charge in [0.1, 0.15) is 0 Å². The van der Waals surface area contributed by atoms with Gasteiger partial charge in [0.05, 0.1) is 21.3 Å². The number of hydrogen-bond donors (Lipinski definition) is 0. The normalized spacial score (nSPS) is 15.0. The summed E-state index contributed by atoms with van der Waals surface area (Å²) in [6.45, 7) is 0. The maximum atomic E-state index is 12.1. The SMILES string of the molecule is COc1cc(C2=N/C(=C\C=C\c3ccccc3)C(=O)O2)cc(OC)c1OC. The van der Waals surface area contributed by atoms with E-state index in [2.05, 4.69) is 4.99 Å². The lowest BCUT2D eigenvalue weighted by molar-refractivity contribution is -0.130. The zero-order valence-electron chi connectivity index (χ0n) is 15.3. The molecule has 0 radical (unpaired) electrons. The van der Waals surface area contributed by atoms with Crippen LogP contribution >= 0.6 is 0 Å². The van der Waals surface area contributed by atoms with Gasteiger partial charge in [-0.2, -0.15) is 0 Å². The highest BCUT2D eigenvalue weighted by Crippen LogP contribution is 2.38. The fraction of sp³-hybridized carbons (Fsp3) is 0.143. The molecule has 0 unspecified atom stereocenters. The van der Waals surface area contributed by atoms with E-state index in [1.165, 1.54) is 21.3 Å². The molecule has 0 saturated carbocycles. The van der Waals surface area contributed by atoms with E-state index in [0.29, 0.717) is 22.8 Å². The average molecular weight is 365 g/mol. The fourth-order valence-electron chi connectivity index (χ4n) is 2.57. The van der Waals surface area contributed by atoms with Gasteiger partial charge >= 0.3 is 5.97 Å². The topological polar surface area (TPSA) is 66.4 Å². The summed E-state index contributed by atoms with van der Waals surface area (Å²) in [5.41, 5.74) is 1.79. The Morgan fingerprint density at radius 3 is 2.22 bits per heavy atom. The second kappa shape index (κ2) is 8.23. The van der Waals surface area contributed by atoms with E-state index >= 15 is 0 Å². The van der Waals surface area contributed by atoms with Crippen molar-refractivity contribution in [2.45, 2.75) is 0 Å². The fourth-order valence-corrected chi connectivity index (χ4v) is 2.57. The van der Waals surface area contributed by atoms with Crippen LogP contribution in [0.25, 0.3) is 6.08 Å². The molecule has 0 atom stereocenters. The van der Waals surface area contributed by atoms with Crippen LogP contribution in [0.5, 0.6) is 17.2 Å². The number of methoxy groups -OCH3 is 3. The summed E-state index contributed by atoms with van der Waals surface area (Å²) in [7, 11) is 4.56. The summed E-state index contributed by atoms with van der Waals surface area (Å²) < 4.78 is 21.2. The van der Waals surface area contributed by atoms with Gasteiger partial charge in [0.2, 0.25) is 11.6 Å². The molecule has 27 heavy (non-hydrogen) atoms. The molecule has 0 spiro atoms. The number of aliphatic imine (C=N–C) groups is 1. The van der Waals surface area contributed by atoms with E-state index in [0.717, 1.165) is 5.56 Å². The van der Waals surface area contributed by atoms with E-state index in [-0.39, 0.29) is 11.6 Å². The average Bonchev–Trinajstić information content (AvgIpc) is 3.08. The lowest BCUT2D eigenvalue weighted by atomic mass is 10.1. The standard InChI is InChI=1S/C21H19NO5/c1-24-17-12-15(13-18(25-2)19(17)26-3)20-22-16(21(23)27-20)11-7-10-14-8-5-4-6-9-14/h4-13H,1-3H3/b10-7+,16-11-. The zero-order valence-corrected chi connectivity index (χ0v) is 15.3. The van der Waals surface area contributed by atoms with Crippen molar-refractivity contribution in [3.63, 3.8) is 0 Å². The van der Waals surface area contributed by atoms with Crippen molar-refractivity contribution >= 4 is 17.9 Å². The molecule has 6 heteroatoms. The molecular formula is C21H19NO5. The lowest BCUT2D eigenvalue weighted by Gasteiger charge is -2.13. The van der Waals surface area contributed by atoms with Crippen LogP contribution in [0.3, 0.4) is 0 Å². The summed E-state index contributed by atoms with van der Waals surface area (Å²) in [5.74, 6) is 1.02. The zero-order chi connectivity index (χ0) is 19.2. The van der Waals surface area contributed by atoms with Gasteiger partial charge in [-0.1, -0.05) is 42.5 Å². The predicted octanol–water partition coefficient (Wildman–Crippen LogP) is 3.61. The molecule has 0 amide bonds. The number of allylic oxidation sites excluding steroid dienone is 2. The molecule has 0 N–H and O–H groups in total. The van der Waals surface area contributed by atoms with Gasteiger partial charge in [-0.3, -0.25) is 0 Å². The first-order valence-electron chi connectivity index (χ1n) is 8.21. The quantitative estimate of drug-likeness (QED) is 0.578. The van der Waals surface area contributed by atoms with Crippen molar-refractivity contribution in [2.75, 3.05) is 21.3 Å². The molecule has 0 aliphatic carbocycles. The first-order valence-corrected chi connectivity index (χ1v) is 8.21. The van der Waals surface area contributed by atoms with Gasteiger partial charge in [-0.15, -0.1) is 0 Å². The number of nitrogens with zero attached hydrogens (tertiary/aromatic N) is 1. The van der Waals surface area contributed by atoms with Gasteiger partial charge in [-0.25, -0.2) is 9.79 Å². The highest BCUT2D eigenvalue weighted by atomic mass is 16.6. The lowest BCUT2D eigenvalue weighted by Crippen LogP contribution is -2.06. The number of cyclic esters (lactones) is 1. The third-order valence-electron chi connectivity index (χ3n) is 3.87. The molecular weight excluding hydrogens is 346 g/mol.